The van der Waals surface area contributed by atoms with Gasteiger partial charge in [0.15, 0.2) is 5.82 Å². The first-order chi connectivity index (χ1) is 8.15. The average molecular weight is 241 g/mol. The Labute approximate surface area is 101 Å². The van der Waals surface area contributed by atoms with Gasteiger partial charge in [-0.2, -0.15) is 4.98 Å². The summed E-state index contributed by atoms with van der Waals surface area (Å²) in [5.74, 6) is 1.33. The highest BCUT2D eigenvalue weighted by atomic mass is 16.5. The third-order valence-electron chi connectivity index (χ3n) is 1.93. The van der Waals surface area contributed by atoms with Gasteiger partial charge in [-0.15, -0.1) is 0 Å². The van der Waals surface area contributed by atoms with Crippen LogP contribution in [-0.4, -0.2) is 36.4 Å². The van der Waals surface area contributed by atoms with Crippen molar-refractivity contribution in [2.24, 2.45) is 0 Å². The van der Waals surface area contributed by atoms with Crippen LogP contribution < -0.4 is 10.5 Å². The Morgan fingerprint density at radius 2 is 2.18 bits per heavy atom. The number of methoxy groups -OCH3 is 1. The number of nitrogens with zero attached hydrogens (tertiary/aromatic N) is 2. The van der Waals surface area contributed by atoms with Gasteiger partial charge in [0.2, 0.25) is 5.88 Å². The molecule has 0 aliphatic carbocycles. The second kappa shape index (κ2) is 7.03. The summed E-state index contributed by atoms with van der Waals surface area (Å²) in [7, 11) is 1.62. The Hall–Kier alpha value is -1.40. The van der Waals surface area contributed by atoms with Crippen molar-refractivity contribution in [1.29, 1.82) is 0 Å². The first-order valence-electron chi connectivity index (χ1n) is 5.52. The lowest BCUT2D eigenvalue weighted by atomic mass is 10.4. The summed E-state index contributed by atoms with van der Waals surface area (Å²) in [6, 6.07) is 1.58. The number of rotatable bonds is 7. The minimum absolute atomic E-state index is 0.0887. The van der Waals surface area contributed by atoms with E-state index in [0.29, 0.717) is 37.3 Å². The molecule has 6 heteroatoms. The predicted octanol–water partition coefficient (Wildman–Crippen LogP) is 1.01. The lowest BCUT2D eigenvalue weighted by Gasteiger charge is -2.13. The maximum absolute atomic E-state index is 5.66. The van der Waals surface area contributed by atoms with Crippen molar-refractivity contribution in [2.75, 3.05) is 26.1 Å². The molecule has 0 bridgehead atoms. The summed E-state index contributed by atoms with van der Waals surface area (Å²) in [4.78, 5) is 8.25. The largest absolute Gasteiger partial charge is 0.472 e. The molecule has 17 heavy (non-hydrogen) atoms. The fraction of sp³-hybridized carbons (Fsp3) is 0.636. The third kappa shape index (κ3) is 4.97. The van der Waals surface area contributed by atoms with Gasteiger partial charge in [-0.25, -0.2) is 4.98 Å². The smallest absolute Gasteiger partial charge is 0.219 e. The third-order valence-corrected chi connectivity index (χ3v) is 1.93. The fourth-order valence-electron chi connectivity index (χ4n) is 1.29. The molecular weight excluding hydrogens is 222 g/mol. The summed E-state index contributed by atoms with van der Waals surface area (Å²) in [6.07, 6.45) is -0.0887. The number of hydrogen-bond acceptors (Lipinski definition) is 6. The van der Waals surface area contributed by atoms with Crippen LogP contribution in [0.15, 0.2) is 6.07 Å². The minimum atomic E-state index is -0.0887. The molecule has 1 aromatic rings. The van der Waals surface area contributed by atoms with Gasteiger partial charge in [-0.1, -0.05) is 0 Å². The van der Waals surface area contributed by atoms with E-state index in [1.165, 1.54) is 0 Å². The Morgan fingerprint density at radius 1 is 1.41 bits per heavy atom. The molecule has 1 rings (SSSR count). The molecule has 0 fully saturated rings. The Kier molecular flexibility index (Phi) is 5.65. The lowest BCUT2D eigenvalue weighted by molar-refractivity contribution is 0.0874. The minimum Gasteiger partial charge on any atom is -0.472 e. The molecule has 0 radical (unpaired) electrons. The number of aromatic nitrogens is 2. The fourth-order valence-corrected chi connectivity index (χ4v) is 1.29. The molecule has 6 nitrogen and oxygen atoms in total. The van der Waals surface area contributed by atoms with Crippen molar-refractivity contribution in [2.45, 2.75) is 26.6 Å². The van der Waals surface area contributed by atoms with Gasteiger partial charge >= 0.3 is 0 Å². The second-order valence-electron chi connectivity index (χ2n) is 3.57. The van der Waals surface area contributed by atoms with E-state index in [1.807, 2.05) is 13.8 Å². The van der Waals surface area contributed by atoms with E-state index >= 15 is 0 Å². The monoisotopic (exact) mass is 241 g/mol. The zero-order chi connectivity index (χ0) is 12.7. The highest BCUT2D eigenvalue weighted by molar-refractivity contribution is 5.32. The van der Waals surface area contributed by atoms with Crippen molar-refractivity contribution in [3.05, 3.63) is 11.9 Å². The van der Waals surface area contributed by atoms with E-state index in [9.17, 15) is 0 Å². The van der Waals surface area contributed by atoms with E-state index < -0.39 is 0 Å². The van der Waals surface area contributed by atoms with Gasteiger partial charge in [-0.3, -0.25) is 0 Å². The molecule has 1 aromatic heterocycles. The van der Waals surface area contributed by atoms with Crippen LogP contribution in [0.2, 0.25) is 0 Å². The van der Waals surface area contributed by atoms with Gasteiger partial charge in [0.05, 0.1) is 6.61 Å². The molecule has 0 saturated heterocycles. The predicted molar refractivity (Wildman–Crippen MR) is 63.7 cm³/mol. The molecule has 1 unspecified atom stereocenters. The molecule has 2 N–H and O–H groups in total. The first-order valence-corrected chi connectivity index (χ1v) is 5.52. The van der Waals surface area contributed by atoms with Crippen LogP contribution >= 0.6 is 0 Å². The summed E-state index contributed by atoms with van der Waals surface area (Å²) in [5, 5.41) is 0. The summed E-state index contributed by atoms with van der Waals surface area (Å²) in [5.41, 5.74) is 5.66. The Balaban J connectivity index is 2.67. The van der Waals surface area contributed by atoms with Crippen LogP contribution in [0, 0.1) is 0 Å². The quantitative estimate of drug-likeness (QED) is 0.767. The van der Waals surface area contributed by atoms with E-state index in [-0.39, 0.29) is 6.10 Å². The topological polar surface area (TPSA) is 79.5 Å². The molecule has 0 saturated carbocycles. The zero-order valence-corrected chi connectivity index (χ0v) is 10.5. The molecular formula is C11H19N3O3. The van der Waals surface area contributed by atoms with Crippen molar-refractivity contribution >= 4 is 5.82 Å². The second-order valence-corrected chi connectivity index (χ2v) is 3.57. The van der Waals surface area contributed by atoms with Crippen molar-refractivity contribution in [3.63, 3.8) is 0 Å². The Morgan fingerprint density at radius 3 is 2.82 bits per heavy atom. The number of ether oxygens (including phenoxy) is 3. The number of nitrogen functional groups attached to an aromatic ring is 1. The van der Waals surface area contributed by atoms with Crippen molar-refractivity contribution < 1.29 is 14.2 Å². The van der Waals surface area contributed by atoms with Gasteiger partial charge < -0.3 is 19.9 Å². The number of anilines is 1. The van der Waals surface area contributed by atoms with Crippen LogP contribution in [0.25, 0.3) is 0 Å². The van der Waals surface area contributed by atoms with Crippen LogP contribution in [0.3, 0.4) is 0 Å². The van der Waals surface area contributed by atoms with Gasteiger partial charge in [-0.05, 0) is 13.8 Å². The van der Waals surface area contributed by atoms with Crippen molar-refractivity contribution in [1.82, 2.24) is 9.97 Å². The van der Waals surface area contributed by atoms with E-state index in [0.717, 1.165) is 0 Å². The average Bonchev–Trinajstić information content (AvgIpc) is 2.25. The van der Waals surface area contributed by atoms with Crippen LogP contribution in [0.5, 0.6) is 5.88 Å². The highest BCUT2D eigenvalue weighted by Gasteiger charge is 2.08. The first kappa shape index (κ1) is 13.7. The molecule has 0 aliphatic rings. The van der Waals surface area contributed by atoms with E-state index in [2.05, 4.69) is 9.97 Å². The lowest BCUT2D eigenvalue weighted by Crippen LogP contribution is -2.19. The van der Waals surface area contributed by atoms with Crippen LogP contribution in [-0.2, 0) is 16.1 Å². The molecule has 96 valence electrons. The number of hydrogen-bond donors (Lipinski definition) is 1. The van der Waals surface area contributed by atoms with Gasteiger partial charge in [0.25, 0.3) is 0 Å². The molecule has 0 spiro atoms. The van der Waals surface area contributed by atoms with E-state index in [1.54, 1.807) is 13.2 Å². The normalized spacial score (nSPS) is 12.4. The maximum Gasteiger partial charge on any atom is 0.219 e. The van der Waals surface area contributed by atoms with Crippen LogP contribution in [0.4, 0.5) is 5.82 Å². The summed E-state index contributed by atoms with van der Waals surface area (Å²) in [6.45, 7) is 5.23. The summed E-state index contributed by atoms with van der Waals surface area (Å²) < 4.78 is 15.7. The maximum atomic E-state index is 5.66. The zero-order valence-electron chi connectivity index (χ0n) is 10.5. The van der Waals surface area contributed by atoms with Gasteiger partial charge in [0.1, 0.15) is 18.5 Å². The molecule has 0 amide bonds. The van der Waals surface area contributed by atoms with Crippen LogP contribution in [0.1, 0.15) is 19.7 Å². The summed E-state index contributed by atoms with van der Waals surface area (Å²) >= 11 is 0. The highest BCUT2D eigenvalue weighted by Crippen LogP contribution is 2.13. The molecule has 0 aromatic carbocycles. The van der Waals surface area contributed by atoms with Crippen molar-refractivity contribution in [3.8, 4) is 5.88 Å². The standard InChI is InChI=1S/C11H19N3O3/c1-4-16-7-10-13-9(12)5-11(14-10)17-8(2)6-15-3/h5,8H,4,6-7H2,1-3H3,(H2,12,13,14). The number of nitrogens with two attached hydrogens (primary N) is 1. The Bertz CT molecular complexity index is 347. The molecule has 1 atom stereocenters. The van der Waals surface area contributed by atoms with E-state index in [4.69, 9.17) is 19.9 Å². The molecule has 1 heterocycles. The SMILES string of the molecule is CCOCc1nc(N)cc(OC(C)COC)n1. The molecule has 0 aliphatic heterocycles. The van der Waals surface area contributed by atoms with Gasteiger partial charge in [0, 0.05) is 19.8 Å².